The molecule has 1 heterocycles. The molecule has 1 saturated heterocycles. The first-order chi connectivity index (χ1) is 11.4. The standard InChI is InChI=1S/C18H37N3OS/c19-10-6-1-2-7-17-23-21(18-8-4-3-5-9-18)12-11-20-13-15-22-16-14-20/h18H,1-17,19H2. The molecule has 0 radical (unpaired) electrons. The first-order valence-electron chi connectivity index (χ1n) is 9.80. The van der Waals surface area contributed by atoms with Gasteiger partial charge in [0.05, 0.1) is 13.2 Å². The van der Waals surface area contributed by atoms with E-state index in [1.165, 1.54) is 76.6 Å². The summed E-state index contributed by atoms with van der Waals surface area (Å²) < 4.78 is 8.20. The van der Waals surface area contributed by atoms with Gasteiger partial charge in [0.1, 0.15) is 0 Å². The molecule has 0 aromatic rings. The lowest BCUT2D eigenvalue weighted by Crippen LogP contribution is -2.42. The third-order valence-corrected chi connectivity index (χ3v) is 6.36. The van der Waals surface area contributed by atoms with Crippen molar-refractivity contribution in [3.05, 3.63) is 0 Å². The summed E-state index contributed by atoms with van der Waals surface area (Å²) in [7, 11) is 0. The van der Waals surface area contributed by atoms with Gasteiger partial charge in [-0.1, -0.05) is 44.1 Å². The fraction of sp³-hybridized carbons (Fsp3) is 1.00. The Morgan fingerprint density at radius 3 is 2.48 bits per heavy atom. The van der Waals surface area contributed by atoms with Crippen LogP contribution in [0.25, 0.3) is 0 Å². The molecule has 1 saturated carbocycles. The topological polar surface area (TPSA) is 41.7 Å². The van der Waals surface area contributed by atoms with Crippen LogP contribution in [0.5, 0.6) is 0 Å². The van der Waals surface area contributed by atoms with Crippen molar-refractivity contribution in [1.29, 1.82) is 0 Å². The average molecular weight is 344 g/mol. The van der Waals surface area contributed by atoms with Gasteiger partial charge in [-0.2, -0.15) is 0 Å². The van der Waals surface area contributed by atoms with E-state index in [-0.39, 0.29) is 0 Å². The van der Waals surface area contributed by atoms with Gasteiger partial charge in [-0.3, -0.25) is 4.90 Å². The van der Waals surface area contributed by atoms with Crippen molar-refractivity contribution in [2.45, 2.75) is 63.8 Å². The smallest absolute Gasteiger partial charge is 0.0594 e. The molecule has 0 amide bonds. The van der Waals surface area contributed by atoms with E-state index < -0.39 is 0 Å². The number of nitrogens with two attached hydrogens (primary N) is 1. The SMILES string of the molecule is NCCCCCCSN(CCN1CCOCC1)C1CCCCC1. The van der Waals surface area contributed by atoms with Crippen molar-refractivity contribution in [3.8, 4) is 0 Å². The second-order valence-electron chi connectivity index (χ2n) is 6.92. The van der Waals surface area contributed by atoms with Crippen molar-refractivity contribution in [2.75, 3.05) is 51.7 Å². The van der Waals surface area contributed by atoms with E-state index in [2.05, 4.69) is 21.2 Å². The molecular formula is C18H37N3OS. The van der Waals surface area contributed by atoms with Crippen molar-refractivity contribution < 1.29 is 4.74 Å². The van der Waals surface area contributed by atoms with Crippen LogP contribution in [0.15, 0.2) is 0 Å². The minimum absolute atomic E-state index is 0.818. The van der Waals surface area contributed by atoms with Crippen molar-refractivity contribution in [2.24, 2.45) is 5.73 Å². The van der Waals surface area contributed by atoms with E-state index in [1.54, 1.807) is 0 Å². The van der Waals surface area contributed by atoms with E-state index in [9.17, 15) is 0 Å². The molecule has 5 heteroatoms. The van der Waals surface area contributed by atoms with E-state index in [1.807, 2.05) is 0 Å². The predicted molar refractivity (Wildman–Crippen MR) is 101 cm³/mol. The summed E-state index contributed by atoms with van der Waals surface area (Å²) >= 11 is 2.12. The van der Waals surface area contributed by atoms with Crippen LogP contribution in [0.1, 0.15) is 57.8 Å². The van der Waals surface area contributed by atoms with Crippen LogP contribution >= 0.6 is 11.9 Å². The zero-order valence-corrected chi connectivity index (χ0v) is 15.7. The van der Waals surface area contributed by atoms with Crippen LogP contribution in [0.2, 0.25) is 0 Å². The number of hydrogen-bond donors (Lipinski definition) is 1. The van der Waals surface area contributed by atoms with Crippen molar-refractivity contribution >= 4 is 11.9 Å². The van der Waals surface area contributed by atoms with E-state index in [0.717, 1.165) is 38.9 Å². The number of nitrogens with zero attached hydrogens (tertiary/aromatic N) is 2. The molecule has 23 heavy (non-hydrogen) atoms. The quantitative estimate of drug-likeness (QED) is 0.461. The molecule has 0 bridgehead atoms. The zero-order chi connectivity index (χ0) is 16.2. The Kier molecular flexibility index (Phi) is 10.6. The zero-order valence-electron chi connectivity index (χ0n) is 14.9. The lowest BCUT2D eigenvalue weighted by Gasteiger charge is -2.35. The van der Waals surface area contributed by atoms with E-state index in [4.69, 9.17) is 10.5 Å². The molecule has 0 aromatic heterocycles. The van der Waals surface area contributed by atoms with Crippen molar-refractivity contribution in [3.63, 3.8) is 0 Å². The lowest BCUT2D eigenvalue weighted by molar-refractivity contribution is 0.0352. The fourth-order valence-electron chi connectivity index (χ4n) is 3.57. The van der Waals surface area contributed by atoms with Gasteiger partial charge in [0.25, 0.3) is 0 Å². The molecule has 1 aliphatic carbocycles. The number of rotatable bonds is 11. The predicted octanol–water partition coefficient (Wildman–Crippen LogP) is 3.12. The highest BCUT2D eigenvalue weighted by Crippen LogP contribution is 2.28. The summed E-state index contributed by atoms with van der Waals surface area (Å²) in [6.07, 6.45) is 12.3. The molecule has 2 rings (SSSR count). The molecule has 2 fully saturated rings. The molecule has 0 spiro atoms. The molecule has 2 N–H and O–H groups in total. The number of ether oxygens (including phenoxy) is 1. The largest absolute Gasteiger partial charge is 0.379 e. The maximum atomic E-state index is 5.57. The summed E-state index contributed by atoms with van der Waals surface area (Å²) in [5.74, 6) is 1.28. The second kappa shape index (κ2) is 12.5. The third-order valence-electron chi connectivity index (χ3n) is 5.08. The maximum absolute atomic E-state index is 5.57. The average Bonchev–Trinajstić information content (AvgIpc) is 2.62. The maximum Gasteiger partial charge on any atom is 0.0594 e. The van der Waals surface area contributed by atoms with Crippen LogP contribution in [0.4, 0.5) is 0 Å². The van der Waals surface area contributed by atoms with Crippen LogP contribution < -0.4 is 5.73 Å². The van der Waals surface area contributed by atoms with Crippen LogP contribution in [0.3, 0.4) is 0 Å². The van der Waals surface area contributed by atoms with Crippen LogP contribution in [-0.4, -0.2) is 66.9 Å². The lowest BCUT2D eigenvalue weighted by atomic mass is 9.95. The Hall–Kier alpha value is 0.190. The summed E-state index contributed by atoms with van der Waals surface area (Å²) in [6, 6.07) is 0.818. The van der Waals surface area contributed by atoms with Crippen molar-refractivity contribution in [1.82, 2.24) is 9.21 Å². The minimum Gasteiger partial charge on any atom is -0.379 e. The Bertz CT molecular complexity index is 281. The summed E-state index contributed by atoms with van der Waals surface area (Å²) in [4.78, 5) is 2.57. The summed E-state index contributed by atoms with van der Waals surface area (Å²) in [5.41, 5.74) is 5.57. The minimum atomic E-state index is 0.818. The molecular weight excluding hydrogens is 306 g/mol. The van der Waals surface area contributed by atoms with Crippen LogP contribution in [-0.2, 0) is 4.74 Å². The van der Waals surface area contributed by atoms with Gasteiger partial charge < -0.3 is 10.5 Å². The Balaban J connectivity index is 1.67. The molecule has 0 unspecified atom stereocenters. The Morgan fingerprint density at radius 1 is 1.00 bits per heavy atom. The fourth-order valence-corrected chi connectivity index (χ4v) is 4.77. The Labute approximate surface area is 147 Å². The molecule has 0 atom stereocenters. The van der Waals surface area contributed by atoms with Gasteiger partial charge >= 0.3 is 0 Å². The third kappa shape index (κ3) is 8.21. The molecule has 1 aliphatic heterocycles. The highest BCUT2D eigenvalue weighted by Gasteiger charge is 2.22. The molecule has 0 aromatic carbocycles. The van der Waals surface area contributed by atoms with Gasteiger partial charge in [0, 0.05) is 38.0 Å². The van der Waals surface area contributed by atoms with Gasteiger partial charge in [-0.05, 0) is 32.2 Å². The van der Waals surface area contributed by atoms with E-state index in [0.29, 0.717) is 0 Å². The molecule has 4 nitrogen and oxygen atoms in total. The Morgan fingerprint density at radius 2 is 1.74 bits per heavy atom. The second-order valence-corrected chi connectivity index (χ2v) is 8.06. The van der Waals surface area contributed by atoms with Gasteiger partial charge in [0.15, 0.2) is 0 Å². The molecule has 136 valence electrons. The monoisotopic (exact) mass is 343 g/mol. The highest BCUT2D eigenvalue weighted by atomic mass is 32.2. The molecule has 2 aliphatic rings. The first kappa shape index (κ1) is 19.5. The van der Waals surface area contributed by atoms with Gasteiger partial charge in [-0.15, -0.1) is 0 Å². The summed E-state index contributed by atoms with van der Waals surface area (Å²) in [6.45, 7) is 7.33. The first-order valence-corrected chi connectivity index (χ1v) is 10.7. The highest BCUT2D eigenvalue weighted by molar-refractivity contribution is 7.97. The normalized spacial score (nSPS) is 21.1. The van der Waals surface area contributed by atoms with Crippen LogP contribution in [0, 0.1) is 0 Å². The number of morpholine rings is 1. The number of unbranched alkanes of at least 4 members (excludes halogenated alkanes) is 3. The summed E-state index contributed by atoms with van der Waals surface area (Å²) in [5, 5.41) is 0. The van der Waals surface area contributed by atoms with Gasteiger partial charge in [-0.25, -0.2) is 4.31 Å². The van der Waals surface area contributed by atoms with E-state index >= 15 is 0 Å². The van der Waals surface area contributed by atoms with Gasteiger partial charge in [0.2, 0.25) is 0 Å². The number of hydrogen-bond acceptors (Lipinski definition) is 5.